The fourth-order valence-corrected chi connectivity index (χ4v) is 4.48. The third kappa shape index (κ3) is 3.36. The van der Waals surface area contributed by atoms with E-state index in [1.807, 2.05) is 0 Å². The van der Waals surface area contributed by atoms with Gasteiger partial charge < -0.3 is 11.1 Å². The quantitative estimate of drug-likeness (QED) is 0.868. The highest BCUT2D eigenvalue weighted by atomic mass is 35.5. The van der Waals surface area contributed by atoms with Crippen molar-refractivity contribution in [3.05, 3.63) is 27.2 Å². The first-order valence-electron chi connectivity index (χ1n) is 7.36. The second-order valence-electron chi connectivity index (χ2n) is 6.15. The van der Waals surface area contributed by atoms with Crippen molar-refractivity contribution in [1.82, 2.24) is 4.90 Å². The van der Waals surface area contributed by atoms with Gasteiger partial charge in [-0.2, -0.15) is 0 Å². The smallest absolute Gasteiger partial charge is 0.238 e. The highest BCUT2D eigenvalue weighted by Gasteiger charge is 2.41. The number of benzene rings is 1. The van der Waals surface area contributed by atoms with Gasteiger partial charge in [0.2, 0.25) is 5.91 Å². The number of rotatable bonds is 3. The Hall–Kier alpha value is -0.520. The Balaban J connectivity index is 1.60. The molecule has 7 heteroatoms. The number of nitrogens with zero attached hydrogens (tertiary/aromatic N) is 1. The Bertz CT molecular complexity index is 572. The third-order valence-corrected chi connectivity index (χ3v) is 5.44. The molecule has 1 saturated heterocycles. The van der Waals surface area contributed by atoms with Gasteiger partial charge in [0.1, 0.15) is 0 Å². The van der Waals surface area contributed by atoms with Gasteiger partial charge in [-0.25, -0.2) is 0 Å². The molecule has 1 heterocycles. The number of amides is 1. The van der Waals surface area contributed by atoms with E-state index >= 15 is 0 Å². The maximum atomic E-state index is 12.2. The molecule has 0 spiro atoms. The van der Waals surface area contributed by atoms with Crippen LogP contribution < -0.4 is 11.1 Å². The molecule has 120 valence electrons. The van der Waals surface area contributed by atoms with Crippen LogP contribution in [-0.4, -0.2) is 36.5 Å². The maximum Gasteiger partial charge on any atom is 0.238 e. The Kier molecular flexibility index (Phi) is 4.86. The number of hydrogen-bond donors (Lipinski definition) is 2. The fraction of sp³-hybridized carbons (Fsp3) is 0.533. The van der Waals surface area contributed by atoms with Crippen LogP contribution in [0.15, 0.2) is 12.1 Å². The number of nitrogens with one attached hydrogen (secondary N) is 1. The number of anilines is 1. The van der Waals surface area contributed by atoms with Crippen LogP contribution in [0.25, 0.3) is 0 Å². The molecule has 0 bridgehead atoms. The van der Waals surface area contributed by atoms with Crippen molar-refractivity contribution < 1.29 is 4.79 Å². The lowest BCUT2D eigenvalue weighted by atomic mass is 9.98. The Morgan fingerprint density at radius 3 is 2.55 bits per heavy atom. The topological polar surface area (TPSA) is 58.4 Å². The van der Waals surface area contributed by atoms with Gasteiger partial charge in [0, 0.05) is 24.2 Å². The lowest BCUT2D eigenvalue weighted by molar-refractivity contribution is -0.117. The minimum Gasteiger partial charge on any atom is -0.327 e. The molecule has 1 aliphatic carbocycles. The van der Waals surface area contributed by atoms with Gasteiger partial charge >= 0.3 is 0 Å². The van der Waals surface area contributed by atoms with E-state index < -0.39 is 0 Å². The molecule has 0 aromatic heterocycles. The van der Waals surface area contributed by atoms with E-state index in [2.05, 4.69) is 10.2 Å². The summed E-state index contributed by atoms with van der Waals surface area (Å²) in [5.74, 6) is 1.03. The molecule has 22 heavy (non-hydrogen) atoms. The minimum atomic E-state index is -0.125. The molecule has 2 aliphatic rings. The first kappa shape index (κ1) is 16.3. The second-order valence-corrected chi connectivity index (χ2v) is 7.40. The highest BCUT2D eigenvalue weighted by molar-refractivity contribution is 6.42. The lowest BCUT2D eigenvalue weighted by Crippen LogP contribution is -2.34. The van der Waals surface area contributed by atoms with E-state index in [0.717, 1.165) is 19.5 Å². The predicted molar refractivity (Wildman–Crippen MR) is 90.7 cm³/mol. The van der Waals surface area contributed by atoms with Crippen molar-refractivity contribution >= 4 is 46.4 Å². The third-order valence-electron chi connectivity index (χ3n) is 4.63. The number of hydrogen-bond acceptors (Lipinski definition) is 3. The largest absolute Gasteiger partial charge is 0.327 e. The van der Waals surface area contributed by atoms with Crippen molar-refractivity contribution in [3.8, 4) is 0 Å². The number of nitrogens with two attached hydrogens (primary N) is 1. The van der Waals surface area contributed by atoms with E-state index in [9.17, 15) is 4.79 Å². The van der Waals surface area contributed by atoms with E-state index in [-0.39, 0.29) is 11.9 Å². The highest BCUT2D eigenvalue weighted by Crippen LogP contribution is 2.37. The van der Waals surface area contributed by atoms with Crippen LogP contribution in [0, 0.1) is 11.8 Å². The summed E-state index contributed by atoms with van der Waals surface area (Å²) in [5, 5.41) is 3.89. The van der Waals surface area contributed by atoms with Crippen LogP contribution in [0.4, 0.5) is 5.69 Å². The molecule has 3 unspecified atom stereocenters. The van der Waals surface area contributed by atoms with Gasteiger partial charge in [-0.05, 0) is 36.8 Å². The molecule has 2 fully saturated rings. The van der Waals surface area contributed by atoms with Crippen molar-refractivity contribution in [1.29, 1.82) is 0 Å². The summed E-state index contributed by atoms with van der Waals surface area (Å²) in [5.41, 5.74) is 6.53. The first-order chi connectivity index (χ1) is 10.4. The molecule has 1 amide bonds. The van der Waals surface area contributed by atoms with Crippen LogP contribution in [0.2, 0.25) is 15.1 Å². The van der Waals surface area contributed by atoms with Gasteiger partial charge in [-0.1, -0.05) is 34.8 Å². The molecule has 1 aromatic carbocycles. The summed E-state index contributed by atoms with van der Waals surface area (Å²) in [7, 11) is 0. The van der Waals surface area contributed by atoms with Gasteiger partial charge in [0.05, 0.1) is 22.3 Å². The molecule has 0 radical (unpaired) electrons. The molecular formula is C15H18Cl3N3O. The normalized spacial score (nSPS) is 27.9. The van der Waals surface area contributed by atoms with Crippen molar-refractivity contribution in [2.75, 3.05) is 25.0 Å². The van der Waals surface area contributed by atoms with Gasteiger partial charge in [-0.15, -0.1) is 0 Å². The van der Waals surface area contributed by atoms with Crippen molar-refractivity contribution in [2.24, 2.45) is 17.6 Å². The van der Waals surface area contributed by atoms with E-state index in [1.165, 1.54) is 6.42 Å². The predicted octanol–water partition coefficient (Wildman–Crippen LogP) is 3.25. The molecule has 1 aliphatic heterocycles. The fourth-order valence-electron chi connectivity index (χ4n) is 3.57. The number of likely N-dealkylation sites (tertiary alicyclic amines) is 1. The number of carbonyl (C=O) groups excluding carboxylic acids is 1. The monoisotopic (exact) mass is 361 g/mol. The summed E-state index contributed by atoms with van der Waals surface area (Å²) in [4.78, 5) is 14.4. The SMILES string of the molecule is NC1CCC2CN(CC(=O)Nc3c(Cl)cc(Cl)cc3Cl)CC12. The summed E-state index contributed by atoms with van der Waals surface area (Å²) in [6.07, 6.45) is 2.27. The van der Waals surface area contributed by atoms with E-state index in [1.54, 1.807) is 12.1 Å². The molecule has 3 atom stereocenters. The van der Waals surface area contributed by atoms with Crippen LogP contribution >= 0.6 is 34.8 Å². The summed E-state index contributed by atoms with van der Waals surface area (Å²) in [6.45, 7) is 2.16. The zero-order chi connectivity index (χ0) is 15.9. The first-order valence-corrected chi connectivity index (χ1v) is 8.49. The number of fused-ring (bicyclic) bond motifs is 1. The van der Waals surface area contributed by atoms with Crippen LogP contribution in [0.1, 0.15) is 12.8 Å². The zero-order valence-electron chi connectivity index (χ0n) is 12.0. The molecule has 4 nitrogen and oxygen atoms in total. The van der Waals surface area contributed by atoms with E-state index in [0.29, 0.717) is 39.1 Å². The molecule has 3 rings (SSSR count). The summed E-state index contributed by atoms with van der Waals surface area (Å²) >= 11 is 18.0. The second kappa shape index (κ2) is 6.54. The minimum absolute atomic E-state index is 0.125. The summed E-state index contributed by atoms with van der Waals surface area (Å²) < 4.78 is 0. The molecule has 1 saturated carbocycles. The standard InChI is InChI=1S/C15H18Cl3N3O/c16-9-3-11(17)15(12(18)4-9)20-14(22)7-21-5-8-1-2-13(19)10(8)6-21/h3-4,8,10,13H,1-2,5-7,19H2,(H,20,22). The average molecular weight is 363 g/mol. The van der Waals surface area contributed by atoms with Crippen LogP contribution in [0.3, 0.4) is 0 Å². The molecule has 3 N–H and O–H groups in total. The Morgan fingerprint density at radius 1 is 1.23 bits per heavy atom. The van der Waals surface area contributed by atoms with Crippen molar-refractivity contribution in [3.63, 3.8) is 0 Å². The lowest BCUT2D eigenvalue weighted by Gasteiger charge is -2.18. The number of carbonyl (C=O) groups is 1. The molecular weight excluding hydrogens is 345 g/mol. The molecule has 1 aromatic rings. The van der Waals surface area contributed by atoms with Gasteiger partial charge in [0.25, 0.3) is 0 Å². The van der Waals surface area contributed by atoms with Gasteiger partial charge in [-0.3, -0.25) is 9.69 Å². The maximum absolute atomic E-state index is 12.2. The Morgan fingerprint density at radius 2 is 1.91 bits per heavy atom. The van der Waals surface area contributed by atoms with Crippen molar-refractivity contribution in [2.45, 2.75) is 18.9 Å². The van der Waals surface area contributed by atoms with Gasteiger partial charge in [0.15, 0.2) is 0 Å². The van der Waals surface area contributed by atoms with Crippen LogP contribution in [-0.2, 0) is 4.79 Å². The average Bonchev–Trinajstić information content (AvgIpc) is 2.96. The van der Waals surface area contributed by atoms with E-state index in [4.69, 9.17) is 40.5 Å². The van der Waals surface area contributed by atoms with Crippen LogP contribution in [0.5, 0.6) is 0 Å². The summed E-state index contributed by atoms with van der Waals surface area (Å²) in [6, 6.07) is 3.39. The number of halogens is 3. The Labute approximate surface area is 144 Å². The zero-order valence-corrected chi connectivity index (χ0v) is 14.3.